The van der Waals surface area contributed by atoms with Crippen molar-refractivity contribution >= 4 is 28.6 Å². The van der Waals surface area contributed by atoms with Crippen molar-refractivity contribution in [2.24, 2.45) is 0 Å². The zero-order valence-corrected chi connectivity index (χ0v) is 15.5. The van der Waals surface area contributed by atoms with Crippen LogP contribution in [0.2, 0.25) is 0 Å². The molecule has 1 aliphatic carbocycles. The highest BCUT2D eigenvalue weighted by Crippen LogP contribution is 2.45. The van der Waals surface area contributed by atoms with E-state index in [1.807, 2.05) is 6.92 Å². The minimum atomic E-state index is -0.339. The predicted molar refractivity (Wildman–Crippen MR) is 107 cm³/mol. The van der Waals surface area contributed by atoms with Gasteiger partial charge in [-0.1, -0.05) is 54.6 Å². The van der Waals surface area contributed by atoms with Gasteiger partial charge in [0.15, 0.2) is 0 Å². The van der Waals surface area contributed by atoms with Crippen molar-refractivity contribution < 1.29 is 9.53 Å². The number of thioether (sulfide) groups is 1. The summed E-state index contributed by atoms with van der Waals surface area (Å²) in [6, 6.07) is 23.4. The first-order valence-electron chi connectivity index (χ1n) is 8.91. The molecule has 2 atom stereocenters. The maximum absolute atomic E-state index is 12.0. The van der Waals surface area contributed by atoms with Crippen LogP contribution in [0.15, 0.2) is 71.6 Å². The number of benzene rings is 3. The lowest BCUT2D eigenvalue weighted by Gasteiger charge is -2.21. The molecular weight excluding hydrogens is 342 g/mol. The van der Waals surface area contributed by atoms with Gasteiger partial charge in [0.05, 0.1) is 17.9 Å². The Morgan fingerprint density at radius 2 is 1.85 bits per heavy atom. The van der Waals surface area contributed by atoms with Crippen LogP contribution in [0, 0.1) is 0 Å². The topological polar surface area (TPSA) is 38.3 Å². The van der Waals surface area contributed by atoms with E-state index < -0.39 is 0 Å². The minimum Gasteiger partial charge on any atom is -0.450 e. The highest BCUT2D eigenvalue weighted by molar-refractivity contribution is 7.99. The molecule has 3 aromatic rings. The Kier molecular flexibility index (Phi) is 4.85. The van der Waals surface area contributed by atoms with E-state index >= 15 is 0 Å². The van der Waals surface area contributed by atoms with Gasteiger partial charge < -0.3 is 10.1 Å². The molecule has 4 rings (SSSR count). The Labute approximate surface area is 157 Å². The van der Waals surface area contributed by atoms with E-state index in [2.05, 4.69) is 72.0 Å². The van der Waals surface area contributed by atoms with Gasteiger partial charge in [0.2, 0.25) is 0 Å². The molecular formula is C22H21NO2S. The molecule has 0 heterocycles. The molecule has 0 saturated carbocycles. The summed E-state index contributed by atoms with van der Waals surface area (Å²) in [5.41, 5.74) is 2.60. The second-order valence-corrected chi connectivity index (χ2v) is 7.64. The Bertz CT molecular complexity index is 940. The fourth-order valence-corrected chi connectivity index (χ4v) is 4.86. The Hall–Kier alpha value is -2.46. The normalized spacial score (nSPS) is 18.5. The molecule has 0 fully saturated rings. The first kappa shape index (κ1) is 17.0. The van der Waals surface area contributed by atoms with E-state index in [1.54, 1.807) is 11.8 Å². The molecule has 0 saturated heterocycles. The fraction of sp³-hybridized carbons (Fsp3) is 0.227. The lowest BCUT2D eigenvalue weighted by Crippen LogP contribution is -2.37. The number of carbonyl (C=O) groups is 1. The number of fused-ring (bicyclic) bond motifs is 2. The van der Waals surface area contributed by atoms with E-state index in [0.717, 1.165) is 6.42 Å². The quantitative estimate of drug-likeness (QED) is 0.679. The largest absolute Gasteiger partial charge is 0.450 e. The van der Waals surface area contributed by atoms with Gasteiger partial charge >= 0.3 is 6.09 Å². The zero-order valence-electron chi connectivity index (χ0n) is 14.6. The minimum absolute atomic E-state index is 0.0305. The number of nitrogens with one attached hydrogen (secondary N) is 1. The maximum Gasteiger partial charge on any atom is 0.407 e. The monoisotopic (exact) mass is 363 g/mol. The van der Waals surface area contributed by atoms with E-state index in [9.17, 15) is 4.79 Å². The van der Waals surface area contributed by atoms with Crippen molar-refractivity contribution in [3.05, 3.63) is 77.9 Å². The molecule has 26 heavy (non-hydrogen) atoms. The van der Waals surface area contributed by atoms with Crippen LogP contribution >= 0.6 is 11.8 Å². The van der Waals surface area contributed by atoms with Gasteiger partial charge in [-0.3, -0.25) is 0 Å². The smallest absolute Gasteiger partial charge is 0.407 e. The molecule has 1 N–H and O–H groups in total. The van der Waals surface area contributed by atoms with E-state index in [1.165, 1.54) is 26.8 Å². The molecule has 4 heteroatoms. The summed E-state index contributed by atoms with van der Waals surface area (Å²) >= 11 is 1.81. The number of hydrogen-bond donors (Lipinski definition) is 1. The number of ether oxygens (including phenoxy) is 1. The van der Waals surface area contributed by atoms with Gasteiger partial charge in [-0.2, -0.15) is 0 Å². The number of rotatable bonds is 4. The first-order chi connectivity index (χ1) is 12.7. The average molecular weight is 363 g/mol. The van der Waals surface area contributed by atoms with Crippen LogP contribution in [-0.2, 0) is 11.2 Å². The number of alkyl carbamates (subject to hydrolysis) is 1. The van der Waals surface area contributed by atoms with Gasteiger partial charge in [-0.05, 0) is 47.4 Å². The molecule has 1 aliphatic rings. The second-order valence-electron chi connectivity index (χ2n) is 6.42. The standard InChI is InChI=1S/C22H21NO2S/c1-2-25-22(24)23-20-14-17-9-5-6-10-19(17)21(20)26-18-12-11-15-7-3-4-8-16(15)13-18/h3-13,20-21H,2,14H2,1H3,(H,23,24)/t20-,21-/m1/s1. The second kappa shape index (κ2) is 7.42. The first-order valence-corrected chi connectivity index (χ1v) is 9.79. The maximum atomic E-state index is 12.0. The molecule has 1 amide bonds. The molecule has 0 unspecified atom stereocenters. The van der Waals surface area contributed by atoms with Crippen molar-refractivity contribution in [2.45, 2.75) is 29.5 Å². The molecule has 0 spiro atoms. The van der Waals surface area contributed by atoms with E-state index in [0.29, 0.717) is 6.61 Å². The summed E-state index contributed by atoms with van der Waals surface area (Å²) in [5.74, 6) is 0. The SMILES string of the molecule is CCOC(=O)N[C@@H]1Cc2ccccc2[C@H]1Sc1ccc2ccccc2c1. The summed E-state index contributed by atoms with van der Waals surface area (Å²) in [7, 11) is 0. The average Bonchev–Trinajstić information content (AvgIpc) is 2.99. The summed E-state index contributed by atoms with van der Waals surface area (Å²) in [4.78, 5) is 13.2. The van der Waals surface area contributed by atoms with Crippen LogP contribution in [0.25, 0.3) is 10.8 Å². The Morgan fingerprint density at radius 1 is 1.08 bits per heavy atom. The fourth-order valence-electron chi connectivity index (χ4n) is 3.54. The summed E-state index contributed by atoms with van der Waals surface area (Å²) in [5, 5.41) is 5.71. The molecule has 0 aromatic heterocycles. The third-order valence-corrected chi connectivity index (χ3v) is 6.09. The van der Waals surface area contributed by atoms with Crippen LogP contribution in [0.5, 0.6) is 0 Å². The van der Waals surface area contributed by atoms with Gasteiger partial charge in [0, 0.05) is 4.90 Å². The molecule has 0 radical (unpaired) electrons. The molecule has 3 aromatic carbocycles. The van der Waals surface area contributed by atoms with E-state index in [4.69, 9.17) is 4.74 Å². The van der Waals surface area contributed by atoms with Crippen molar-refractivity contribution in [2.75, 3.05) is 6.61 Å². The number of amides is 1. The molecule has 132 valence electrons. The summed E-state index contributed by atoms with van der Waals surface area (Å²) < 4.78 is 5.10. The van der Waals surface area contributed by atoms with Crippen LogP contribution in [0.4, 0.5) is 4.79 Å². The summed E-state index contributed by atoms with van der Waals surface area (Å²) in [6.45, 7) is 2.21. The zero-order chi connectivity index (χ0) is 17.9. The summed E-state index contributed by atoms with van der Waals surface area (Å²) in [6.07, 6.45) is 0.495. The molecule has 0 bridgehead atoms. The Morgan fingerprint density at radius 3 is 2.69 bits per heavy atom. The van der Waals surface area contributed by atoms with Crippen LogP contribution in [-0.4, -0.2) is 18.7 Å². The lowest BCUT2D eigenvalue weighted by molar-refractivity contribution is 0.148. The third-order valence-electron chi connectivity index (χ3n) is 4.73. The lowest BCUT2D eigenvalue weighted by atomic mass is 10.1. The third kappa shape index (κ3) is 3.42. The van der Waals surface area contributed by atoms with Crippen molar-refractivity contribution in [3.8, 4) is 0 Å². The number of carbonyl (C=O) groups excluding carboxylic acids is 1. The molecule has 0 aliphatic heterocycles. The number of hydrogen-bond acceptors (Lipinski definition) is 3. The van der Waals surface area contributed by atoms with Gasteiger partial charge in [-0.25, -0.2) is 4.79 Å². The van der Waals surface area contributed by atoms with Crippen molar-refractivity contribution in [3.63, 3.8) is 0 Å². The molecule has 3 nitrogen and oxygen atoms in total. The Balaban J connectivity index is 1.62. The van der Waals surface area contributed by atoms with Crippen LogP contribution in [0.3, 0.4) is 0 Å². The highest BCUT2D eigenvalue weighted by atomic mass is 32.2. The van der Waals surface area contributed by atoms with Crippen LogP contribution in [0.1, 0.15) is 23.3 Å². The van der Waals surface area contributed by atoms with Gasteiger partial charge in [0.25, 0.3) is 0 Å². The van der Waals surface area contributed by atoms with Crippen LogP contribution < -0.4 is 5.32 Å². The van der Waals surface area contributed by atoms with Gasteiger partial charge in [0.1, 0.15) is 0 Å². The van der Waals surface area contributed by atoms with E-state index in [-0.39, 0.29) is 17.4 Å². The highest BCUT2D eigenvalue weighted by Gasteiger charge is 2.34. The van der Waals surface area contributed by atoms with Gasteiger partial charge in [-0.15, -0.1) is 11.8 Å². The van der Waals surface area contributed by atoms with Crippen molar-refractivity contribution in [1.29, 1.82) is 0 Å². The van der Waals surface area contributed by atoms with Crippen molar-refractivity contribution in [1.82, 2.24) is 5.32 Å². The predicted octanol–water partition coefficient (Wildman–Crippen LogP) is 5.34.